The molecule has 132 valence electrons. The van der Waals surface area contributed by atoms with E-state index in [1.54, 1.807) is 40.7 Å². The Bertz CT molecular complexity index is 818. The van der Waals surface area contributed by atoms with Gasteiger partial charge in [-0.2, -0.15) is 9.82 Å². The molecule has 0 unspecified atom stereocenters. The summed E-state index contributed by atoms with van der Waals surface area (Å²) in [4.78, 5) is 12.5. The third-order valence-corrected chi connectivity index (χ3v) is 5.14. The molecule has 0 aliphatic carbocycles. The van der Waals surface area contributed by atoms with Crippen LogP contribution in [0.4, 0.5) is 5.82 Å². The summed E-state index contributed by atoms with van der Waals surface area (Å²) >= 11 is 0. The number of nitrogens with one attached hydrogen (secondary N) is 3. The van der Waals surface area contributed by atoms with Crippen LogP contribution in [0.15, 0.2) is 15.5 Å². The van der Waals surface area contributed by atoms with Crippen LogP contribution in [-0.2, 0) is 14.8 Å². The van der Waals surface area contributed by atoms with E-state index in [1.807, 2.05) is 0 Å². The monoisotopic (exact) mass is 355 g/mol. The summed E-state index contributed by atoms with van der Waals surface area (Å²) < 4.78 is 32.6. The number of amides is 1. The quantitative estimate of drug-likeness (QED) is 0.715. The molecule has 0 aliphatic rings. The molecule has 10 heteroatoms. The molecular formula is C14H21N5O4S. The lowest BCUT2D eigenvalue weighted by atomic mass is 10.1. The fraction of sp³-hybridized carbons (Fsp3) is 0.500. The first-order chi connectivity index (χ1) is 11.1. The van der Waals surface area contributed by atoms with Gasteiger partial charge in [-0.3, -0.25) is 9.89 Å². The number of aromatic amines is 1. The minimum Gasteiger partial charge on any atom is -0.360 e. The molecule has 0 saturated carbocycles. The van der Waals surface area contributed by atoms with E-state index in [9.17, 15) is 13.2 Å². The molecule has 2 aromatic heterocycles. The van der Waals surface area contributed by atoms with Crippen LogP contribution in [0, 0.1) is 26.7 Å². The Morgan fingerprint density at radius 2 is 1.96 bits per heavy atom. The van der Waals surface area contributed by atoms with E-state index in [2.05, 4.69) is 25.4 Å². The average Bonchev–Trinajstić information content (AvgIpc) is 3.02. The maximum atomic E-state index is 12.6. The largest absolute Gasteiger partial charge is 0.360 e. The molecule has 0 spiro atoms. The number of rotatable bonds is 6. The Kier molecular flexibility index (Phi) is 5.09. The first kappa shape index (κ1) is 18.1. The van der Waals surface area contributed by atoms with Crippen molar-refractivity contribution in [1.82, 2.24) is 20.1 Å². The van der Waals surface area contributed by atoms with Crippen LogP contribution in [0.5, 0.6) is 0 Å². The van der Waals surface area contributed by atoms with Crippen molar-refractivity contribution in [2.24, 2.45) is 5.92 Å². The number of carbonyl (C=O) groups excluding carboxylic acids is 1. The second-order valence-corrected chi connectivity index (χ2v) is 7.57. The van der Waals surface area contributed by atoms with Gasteiger partial charge in [0.15, 0.2) is 5.82 Å². The van der Waals surface area contributed by atoms with E-state index in [1.165, 1.54) is 0 Å². The standard InChI is InChI=1S/C14H21N5O4S/c1-7(2)12(14(20)15-11-6-8(3)23-18-11)19-24(21,22)13-9(4)16-17-10(13)5/h6-7,12,19H,1-5H3,(H,16,17)(H,15,18,20)/t12-/m0/s1. The van der Waals surface area contributed by atoms with Crippen LogP contribution < -0.4 is 10.0 Å². The molecule has 0 aromatic carbocycles. The molecule has 0 radical (unpaired) electrons. The zero-order valence-corrected chi connectivity index (χ0v) is 15.0. The molecule has 9 nitrogen and oxygen atoms in total. The number of aryl methyl sites for hydroxylation is 3. The highest BCUT2D eigenvalue weighted by atomic mass is 32.2. The molecule has 24 heavy (non-hydrogen) atoms. The third-order valence-electron chi connectivity index (χ3n) is 3.44. The van der Waals surface area contributed by atoms with Gasteiger partial charge in [-0.05, 0) is 26.7 Å². The van der Waals surface area contributed by atoms with Crippen LogP contribution in [0.25, 0.3) is 0 Å². The van der Waals surface area contributed by atoms with Crippen LogP contribution in [0.3, 0.4) is 0 Å². The van der Waals surface area contributed by atoms with E-state index in [0.717, 1.165) is 0 Å². The summed E-state index contributed by atoms with van der Waals surface area (Å²) in [5, 5.41) is 12.7. The van der Waals surface area contributed by atoms with E-state index < -0.39 is 22.0 Å². The summed E-state index contributed by atoms with van der Waals surface area (Å²) in [5.41, 5.74) is 0.755. The molecular weight excluding hydrogens is 334 g/mol. The number of aromatic nitrogens is 3. The number of hydrogen-bond acceptors (Lipinski definition) is 6. The van der Waals surface area contributed by atoms with E-state index in [0.29, 0.717) is 17.1 Å². The first-order valence-corrected chi connectivity index (χ1v) is 8.88. The van der Waals surface area contributed by atoms with Crippen LogP contribution in [0.1, 0.15) is 31.0 Å². The van der Waals surface area contributed by atoms with Crippen molar-refractivity contribution in [3.8, 4) is 0 Å². The maximum Gasteiger partial charge on any atom is 0.244 e. The van der Waals surface area contributed by atoms with Gasteiger partial charge in [-0.15, -0.1) is 0 Å². The molecule has 0 fully saturated rings. The third kappa shape index (κ3) is 3.82. The van der Waals surface area contributed by atoms with Gasteiger partial charge in [0.05, 0.1) is 11.4 Å². The summed E-state index contributed by atoms with van der Waals surface area (Å²) in [5.74, 6) is -0.0180. The van der Waals surface area contributed by atoms with Crippen molar-refractivity contribution in [2.45, 2.75) is 45.6 Å². The Labute approximate surface area is 140 Å². The topological polar surface area (TPSA) is 130 Å². The highest BCUT2D eigenvalue weighted by Crippen LogP contribution is 2.18. The van der Waals surface area contributed by atoms with Crippen molar-refractivity contribution in [3.05, 3.63) is 23.2 Å². The molecule has 0 saturated heterocycles. The van der Waals surface area contributed by atoms with E-state index >= 15 is 0 Å². The van der Waals surface area contributed by atoms with Gasteiger partial charge in [0.25, 0.3) is 0 Å². The Morgan fingerprint density at radius 1 is 1.29 bits per heavy atom. The van der Waals surface area contributed by atoms with Crippen molar-refractivity contribution in [1.29, 1.82) is 0 Å². The Balaban J connectivity index is 2.23. The van der Waals surface area contributed by atoms with E-state index in [4.69, 9.17) is 4.52 Å². The number of hydrogen-bond donors (Lipinski definition) is 3. The van der Waals surface area contributed by atoms with Crippen molar-refractivity contribution in [2.75, 3.05) is 5.32 Å². The summed E-state index contributed by atoms with van der Waals surface area (Å²) in [6, 6.07) is 0.578. The van der Waals surface area contributed by atoms with Crippen molar-refractivity contribution >= 4 is 21.7 Å². The average molecular weight is 355 g/mol. The summed E-state index contributed by atoms with van der Waals surface area (Å²) in [6.45, 7) is 8.37. The van der Waals surface area contributed by atoms with Crippen LogP contribution in [-0.4, -0.2) is 35.7 Å². The maximum absolute atomic E-state index is 12.6. The number of nitrogens with zero attached hydrogens (tertiary/aromatic N) is 2. The molecule has 3 N–H and O–H groups in total. The van der Waals surface area contributed by atoms with Gasteiger partial charge in [0.2, 0.25) is 15.9 Å². The van der Waals surface area contributed by atoms with Crippen molar-refractivity contribution < 1.29 is 17.7 Å². The number of anilines is 1. The normalized spacial score (nSPS) is 13.2. The zero-order valence-electron chi connectivity index (χ0n) is 14.2. The lowest BCUT2D eigenvalue weighted by Crippen LogP contribution is -2.47. The minimum atomic E-state index is -3.90. The lowest BCUT2D eigenvalue weighted by molar-refractivity contribution is -0.118. The molecule has 1 amide bonds. The van der Waals surface area contributed by atoms with Gasteiger partial charge in [0.1, 0.15) is 16.7 Å². The smallest absolute Gasteiger partial charge is 0.244 e. The zero-order chi connectivity index (χ0) is 18.1. The number of H-pyrrole nitrogens is 1. The van der Waals surface area contributed by atoms with Crippen molar-refractivity contribution in [3.63, 3.8) is 0 Å². The Hall–Kier alpha value is -2.20. The molecule has 2 rings (SSSR count). The fourth-order valence-electron chi connectivity index (χ4n) is 2.28. The van der Waals surface area contributed by atoms with Gasteiger partial charge in [0, 0.05) is 6.07 Å². The molecule has 2 heterocycles. The Morgan fingerprint density at radius 3 is 2.42 bits per heavy atom. The summed E-state index contributed by atoms with van der Waals surface area (Å²) in [7, 11) is -3.90. The van der Waals surface area contributed by atoms with Crippen LogP contribution >= 0.6 is 0 Å². The fourth-order valence-corrected chi connectivity index (χ4v) is 4.00. The second kappa shape index (κ2) is 6.73. The number of carbonyl (C=O) groups is 1. The predicted octanol–water partition coefficient (Wildman–Crippen LogP) is 1.26. The first-order valence-electron chi connectivity index (χ1n) is 7.40. The molecule has 1 atom stereocenters. The van der Waals surface area contributed by atoms with Crippen LogP contribution in [0.2, 0.25) is 0 Å². The SMILES string of the molecule is Cc1cc(NC(=O)[C@@H](NS(=O)(=O)c2c(C)n[nH]c2C)C(C)C)no1. The highest BCUT2D eigenvalue weighted by molar-refractivity contribution is 7.89. The second-order valence-electron chi connectivity index (χ2n) is 5.92. The molecule has 0 bridgehead atoms. The van der Waals surface area contributed by atoms with Gasteiger partial charge >= 0.3 is 0 Å². The lowest BCUT2D eigenvalue weighted by Gasteiger charge is -2.21. The molecule has 2 aromatic rings. The predicted molar refractivity (Wildman–Crippen MR) is 86.9 cm³/mol. The van der Waals surface area contributed by atoms with Gasteiger partial charge in [-0.1, -0.05) is 19.0 Å². The minimum absolute atomic E-state index is 0.0539. The van der Waals surface area contributed by atoms with E-state index in [-0.39, 0.29) is 16.6 Å². The van der Waals surface area contributed by atoms with Gasteiger partial charge in [-0.25, -0.2) is 8.42 Å². The number of sulfonamides is 1. The highest BCUT2D eigenvalue weighted by Gasteiger charge is 2.31. The molecule has 0 aliphatic heterocycles. The summed E-state index contributed by atoms with van der Waals surface area (Å²) in [6.07, 6.45) is 0. The van der Waals surface area contributed by atoms with Gasteiger partial charge < -0.3 is 9.84 Å².